The number of aromatic hydroxyl groups is 1. The van der Waals surface area contributed by atoms with Crippen LogP contribution in [0, 0.1) is 6.92 Å². The molecule has 2 aromatic carbocycles. The Bertz CT molecular complexity index is 1040. The highest BCUT2D eigenvalue weighted by Gasteiger charge is 2.30. The van der Waals surface area contributed by atoms with E-state index in [1.165, 1.54) is 38.7 Å². The van der Waals surface area contributed by atoms with E-state index in [9.17, 15) is 13.5 Å². The molecule has 0 fully saturated rings. The largest absolute Gasteiger partial charge is 0.507 e. The maximum atomic E-state index is 13.0. The summed E-state index contributed by atoms with van der Waals surface area (Å²) in [4.78, 5) is 0.0987. The van der Waals surface area contributed by atoms with E-state index in [4.69, 9.17) is 13.9 Å². The predicted octanol–water partition coefficient (Wildman–Crippen LogP) is 3.38. The van der Waals surface area contributed by atoms with Gasteiger partial charge < -0.3 is 19.0 Å². The molecule has 0 spiro atoms. The SMILES string of the molecule is COc1cc(O)c(C(NS(=O)(=O)c2ccc(C)cc2)c2ccco2)c(OC)c1. The minimum Gasteiger partial charge on any atom is -0.507 e. The number of furan rings is 1. The molecule has 1 heterocycles. The van der Waals surface area contributed by atoms with Gasteiger partial charge >= 0.3 is 0 Å². The molecule has 7 nitrogen and oxygen atoms in total. The van der Waals surface area contributed by atoms with Crippen LogP contribution in [0.3, 0.4) is 0 Å². The van der Waals surface area contributed by atoms with Gasteiger partial charge in [-0.15, -0.1) is 0 Å². The average molecular weight is 403 g/mol. The number of ether oxygens (including phenoxy) is 2. The van der Waals surface area contributed by atoms with Gasteiger partial charge in [0.05, 0.1) is 30.9 Å². The number of nitrogens with one attached hydrogen (secondary N) is 1. The molecule has 0 saturated carbocycles. The highest BCUT2D eigenvalue weighted by molar-refractivity contribution is 7.89. The van der Waals surface area contributed by atoms with Gasteiger partial charge in [-0.25, -0.2) is 8.42 Å². The van der Waals surface area contributed by atoms with E-state index in [1.807, 2.05) is 6.92 Å². The Balaban J connectivity index is 2.11. The number of hydrogen-bond acceptors (Lipinski definition) is 6. The Morgan fingerprint density at radius 1 is 1.07 bits per heavy atom. The number of aryl methyl sites for hydroxylation is 1. The van der Waals surface area contributed by atoms with Gasteiger partial charge in [0.25, 0.3) is 0 Å². The topological polar surface area (TPSA) is 98.0 Å². The third-order valence-electron chi connectivity index (χ3n) is 4.27. The highest BCUT2D eigenvalue weighted by Crippen LogP contribution is 2.40. The number of hydrogen-bond donors (Lipinski definition) is 2. The first-order valence-electron chi connectivity index (χ1n) is 8.43. The lowest BCUT2D eigenvalue weighted by Gasteiger charge is -2.21. The molecule has 1 unspecified atom stereocenters. The van der Waals surface area contributed by atoms with Crippen molar-refractivity contribution in [3.05, 3.63) is 71.7 Å². The van der Waals surface area contributed by atoms with Gasteiger partial charge in [-0.3, -0.25) is 0 Å². The summed E-state index contributed by atoms with van der Waals surface area (Å²) in [6.45, 7) is 1.87. The number of methoxy groups -OCH3 is 2. The third-order valence-corrected chi connectivity index (χ3v) is 5.71. The van der Waals surface area contributed by atoms with E-state index in [2.05, 4.69) is 4.72 Å². The quantitative estimate of drug-likeness (QED) is 0.628. The van der Waals surface area contributed by atoms with Crippen molar-refractivity contribution in [2.24, 2.45) is 0 Å². The number of phenolic OH excluding ortho intramolecular Hbond substituents is 1. The smallest absolute Gasteiger partial charge is 0.241 e. The standard InChI is InChI=1S/C20H21NO6S/c1-13-6-8-15(9-7-13)28(23,24)21-20(17-5-4-10-27-17)19-16(22)11-14(25-2)12-18(19)26-3/h4-12,20-22H,1-3H3. The minimum absolute atomic E-state index is 0.0987. The maximum absolute atomic E-state index is 13.0. The van der Waals surface area contributed by atoms with Gasteiger partial charge in [-0.1, -0.05) is 17.7 Å². The van der Waals surface area contributed by atoms with Crippen LogP contribution in [0.2, 0.25) is 0 Å². The van der Waals surface area contributed by atoms with Crippen molar-refractivity contribution in [2.45, 2.75) is 17.9 Å². The molecular weight excluding hydrogens is 382 g/mol. The third kappa shape index (κ3) is 3.97. The van der Waals surface area contributed by atoms with Crippen molar-refractivity contribution in [1.29, 1.82) is 0 Å². The van der Waals surface area contributed by atoms with E-state index in [0.717, 1.165) is 5.56 Å². The zero-order valence-corrected chi connectivity index (χ0v) is 16.5. The van der Waals surface area contributed by atoms with E-state index in [1.54, 1.807) is 30.3 Å². The fraction of sp³-hybridized carbons (Fsp3) is 0.200. The lowest BCUT2D eigenvalue weighted by atomic mass is 10.0. The first-order chi connectivity index (χ1) is 13.4. The van der Waals surface area contributed by atoms with Crippen LogP contribution >= 0.6 is 0 Å². The van der Waals surface area contributed by atoms with Crippen LogP contribution in [0.25, 0.3) is 0 Å². The van der Waals surface area contributed by atoms with Gasteiger partial charge in [0.15, 0.2) is 0 Å². The van der Waals surface area contributed by atoms with Crippen molar-refractivity contribution in [3.63, 3.8) is 0 Å². The number of phenols is 1. The van der Waals surface area contributed by atoms with Crippen molar-refractivity contribution >= 4 is 10.0 Å². The highest BCUT2D eigenvalue weighted by atomic mass is 32.2. The molecule has 3 aromatic rings. The predicted molar refractivity (Wildman–Crippen MR) is 103 cm³/mol. The molecule has 148 valence electrons. The summed E-state index contributed by atoms with van der Waals surface area (Å²) in [6.07, 6.45) is 1.43. The normalized spacial score (nSPS) is 12.5. The average Bonchev–Trinajstić information content (AvgIpc) is 3.20. The van der Waals surface area contributed by atoms with Crippen molar-refractivity contribution < 1.29 is 27.4 Å². The second-order valence-electron chi connectivity index (χ2n) is 6.15. The molecule has 28 heavy (non-hydrogen) atoms. The molecule has 0 radical (unpaired) electrons. The van der Waals surface area contributed by atoms with Crippen LogP contribution in [0.4, 0.5) is 0 Å². The molecule has 0 aliphatic heterocycles. The maximum Gasteiger partial charge on any atom is 0.241 e. The van der Waals surface area contributed by atoms with Crippen LogP contribution in [-0.2, 0) is 10.0 Å². The first-order valence-corrected chi connectivity index (χ1v) is 9.91. The van der Waals surface area contributed by atoms with Crippen molar-refractivity contribution in [1.82, 2.24) is 4.72 Å². The summed E-state index contributed by atoms with van der Waals surface area (Å²) < 4.78 is 44.5. The Morgan fingerprint density at radius 2 is 1.79 bits per heavy atom. The van der Waals surface area contributed by atoms with Crippen LogP contribution in [-0.4, -0.2) is 27.7 Å². The molecule has 1 aromatic heterocycles. The molecule has 2 N–H and O–H groups in total. The summed E-state index contributed by atoms with van der Waals surface area (Å²) in [5.74, 6) is 0.737. The zero-order valence-electron chi connectivity index (χ0n) is 15.7. The van der Waals surface area contributed by atoms with Crippen LogP contribution in [0.15, 0.2) is 64.1 Å². The molecule has 0 amide bonds. The second kappa shape index (κ2) is 7.95. The Hall–Kier alpha value is -2.97. The Morgan fingerprint density at radius 3 is 2.36 bits per heavy atom. The summed E-state index contributed by atoms with van der Waals surface area (Å²) in [5.41, 5.74) is 1.16. The molecule has 0 bridgehead atoms. The van der Waals surface area contributed by atoms with Gasteiger partial charge in [0.1, 0.15) is 29.1 Å². The number of rotatable bonds is 7. The Kier molecular flexibility index (Phi) is 5.62. The van der Waals surface area contributed by atoms with Crippen LogP contribution < -0.4 is 14.2 Å². The van der Waals surface area contributed by atoms with Gasteiger partial charge in [-0.05, 0) is 31.2 Å². The van der Waals surface area contributed by atoms with Crippen molar-refractivity contribution in [2.75, 3.05) is 14.2 Å². The second-order valence-corrected chi connectivity index (χ2v) is 7.86. The molecular formula is C20H21NO6S. The van der Waals surface area contributed by atoms with E-state index in [-0.39, 0.29) is 22.0 Å². The molecule has 0 saturated heterocycles. The molecule has 8 heteroatoms. The molecule has 3 rings (SSSR count). The first kappa shape index (κ1) is 19.8. The lowest BCUT2D eigenvalue weighted by molar-refractivity contribution is 0.370. The summed E-state index contributed by atoms with van der Waals surface area (Å²) in [6, 6.07) is 11.6. The van der Waals surface area contributed by atoms with Crippen LogP contribution in [0.1, 0.15) is 22.9 Å². The van der Waals surface area contributed by atoms with Gasteiger partial charge in [-0.2, -0.15) is 4.72 Å². The summed E-state index contributed by atoms with van der Waals surface area (Å²) in [5, 5.41) is 10.6. The van der Waals surface area contributed by atoms with Gasteiger partial charge in [0.2, 0.25) is 10.0 Å². The summed E-state index contributed by atoms with van der Waals surface area (Å²) in [7, 11) is -1.04. The lowest BCUT2D eigenvalue weighted by Crippen LogP contribution is -2.29. The molecule has 0 aliphatic rings. The summed E-state index contributed by atoms with van der Waals surface area (Å²) >= 11 is 0. The minimum atomic E-state index is -3.92. The molecule has 0 aliphatic carbocycles. The van der Waals surface area contributed by atoms with E-state index < -0.39 is 16.1 Å². The van der Waals surface area contributed by atoms with Gasteiger partial charge in [0, 0.05) is 12.1 Å². The Labute approximate surface area is 163 Å². The van der Waals surface area contributed by atoms with E-state index >= 15 is 0 Å². The van der Waals surface area contributed by atoms with Crippen molar-refractivity contribution in [3.8, 4) is 17.2 Å². The zero-order chi connectivity index (χ0) is 20.3. The number of benzene rings is 2. The molecule has 1 atom stereocenters. The van der Waals surface area contributed by atoms with E-state index in [0.29, 0.717) is 11.5 Å². The number of sulfonamides is 1. The van der Waals surface area contributed by atoms with Crippen LogP contribution in [0.5, 0.6) is 17.2 Å². The monoisotopic (exact) mass is 403 g/mol. The fourth-order valence-corrected chi connectivity index (χ4v) is 3.99. The fourth-order valence-electron chi connectivity index (χ4n) is 2.82.